The van der Waals surface area contributed by atoms with E-state index in [2.05, 4.69) is 5.32 Å². The second-order valence-corrected chi connectivity index (χ2v) is 10.2. The first-order valence-corrected chi connectivity index (χ1v) is 13.5. The Labute approximate surface area is 247 Å². The minimum Gasteiger partial charge on any atom is -0.451 e. The number of carbonyl (C=O) groups excluding carboxylic acids is 3. The van der Waals surface area contributed by atoms with Crippen LogP contribution in [0.1, 0.15) is 20.3 Å². The Morgan fingerprint density at radius 2 is 1.28 bits per heavy atom. The van der Waals surface area contributed by atoms with Crippen LogP contribution >= 0.6 is 0 Å². The highest BCUT2D eigenvalue weighted by Crippen LogP contribution is 2.31. The van der Waals surface area contributed by atoms with Gasteiger partial charge in [-0.25, -0.2) is 9.59 Å². The summed E-state index contributed by atoms with van der Waals surface area (Å²) in [6.07, 6.45) is -18.9. The lowest BCUT2D eigenvalue weighted by Gasteiger charge is -2.43. The monoisotopic (exact) mass is 631 g/mol. The van der Waals surface area contributed by atoms with Crippen molar-refractivity contribution in [1.82, 2.24) is 10.2 Å². The predicted molar refractivity (Wildman–Crippen MR) is 140 cm³/mol. The van der Waals surface area contributed by atoms with E-state index in [9.17, 15) is 55.2 Å². The summed E-state index contributed by atoms with van der Waals surface area (Å²) in [5.41, 5.74) is 0.790. The smallest absolute Gasteiger partial charge is 0.340 e. The number of amides is 1. The van der Waals surface area contributed by atoms with E-state index in [0.717, 1.165) is 6.92 Å². The van der Waals surface area contributed by atoms with E-state index < -0.39 is 97.6 Å². The molecule has 252 valence electrons. The second-order valence-electron chi connectivity index (χ2n) is 10.2. The maximum absolute atomic E-state index is 13.4. The van der Waals surface area contributed by atoms with Crippen molar-refractivity contribution < 1.29 is 79.7 Å². The molecule has 0 bridgehead atoms. The van der Waals surface area contributed by atoms with Gasteiger partial charge in [-0.15, -0.1) is 0 Å². The van der Waals surface area contributed by atoms with Crippen molar-refractivity contribution in [2.75, 3.05) is 52.6 Å². The maximum Gasteiger partial charge on any atom is 0.340 e. The first kappa shape index (κ1) is 38.9. The standard InChI is InChI=1S/C24H45N3O16/c1-3-23(2,42-20(38)18(36)16(34)14(32)12(30)10-28)24(25,22(40)26-4-5-27-6-8-41-9-7-27)43-21(39)19(37)17(35)15(33)13(31)11-29/h12-19,28-37H,3-11,25H2,1-2H3,(H,26,40). The third-order valence-electron chi connectivity index (χ3n) is 7.19. The van der Waals surface area contributed by atoms with E-state index in [0.29, 0.717) is 26.3 Å². The largest absolute Gasteiger partial charge is 0.451 e. The summed E-state index contributed by atoms with van der Waals surface area (Å²) >= 11 is 0. The van der Waals surface area contributed by atoms with E-state index >= 15 is 0 Å². The molecule has 1 heterocycles. The first-order valence-electron chi connectivity index (χ1n) is 13.5. The van der Waals surface area contributed by atoms with Crippen molar-refractivity contribution >= 4 is 17.8 Å². The Balaban J connectivity index is 3.30. The van der Waals surface area contributed by atoms with Crippen LogP contribution in [0.25, 0.3) is 0 Å². The molecule has 1 aliphatic heterocycles. The van der Waals surface area contributed by atoms with E-state index in [-0.39, 0.29) is 13.1 Å². The Hall–Kier alpha value is -2.11. The highest BCUT2D eigenvalue weighted by Gasteiger charge is 2.58. The number of rotatable bonds is 18. The van der Waals surface area contributed by atoms with Crippen LogP contribution in [0.2, 0.25) is 0 Å². The number of hydrogen-bond donors (Lipinski definition) is 12. The Bertz CT molecular complexity index is 895. The molecule has 0 spiro atoms. The van der Waals surface area contributed by atoms with Crippen LogP contribution < -0.4 is 11.1 Å². The molecule has 0 aliphatic carbocycles. The summed E-state index contributed by atoms with van der Waals surface area (Å²) in [7, 11) is 0. The third kappa shape index (κ3) is 9.94. The number of nitrogens with zero attached hydrogens (tertiary/aromatic N) is 1. The van der Waals surface area contributed by atoms with E-state index in [1.54, 1.807) is 0 Å². The van der Waals surface area contributed by atoms with Crippen LogP contribution in [0, 0.1) is 0 Å². The van der Waals surface area contributed by atoms with Crippen LogP contribution in [0.4, 0.5) is 0 Å². The molecule has 13 N–H and O–H groups in total. The molecule has 0 aromatic carbocycles. The van der Waals surface area contributed by atoms with Gasteiger partial charge in [-0.1, -0.05) is 6.92 Å². The van der Waals surface area contributed by atoms with Crippen LogP contribution in [0.3, 0.4) is 0 Å². The molecule has 1 saturated heterocycles. The quantitative estimate of drug-likeness (QED) is 0.0493. The van der Waals surface area contributed by atoms with Gasteiger partial charge in [0.05, 0.1) is 26.4 Å². The Kier molecular flexibility index (Phi) is 15.7. The van der Waals surface area contributed by atoms with Crippen LogP contribution in [0.5, 0.6) is 0 Å². The number of nitrogens with two attached hydrogens (primary N) is 1. The molecule has 1 fully saturated rings. The summed E-state index contributed by atoms with van der Waals surface area (Å²) < 4.78 is 15.5. The number of morpholine rings is 1. The van der Waals surface area contributed by atoms with Crippen molar-refractivity contribution in [3.63, 3.8) is 0 Å². The van der Waals surface area contributed by atoms with E-state index in [1.807, 2.05) is 4.90 Å². The zero-order valence-corrected chi connectivity index (χ0v) is 23.9. The molecule has 0 aromatic heterocycles. The summed E-state index contributed by atoms with van der Waals surface area (Å²) in [6, 6.07) is 0. The fourth-order valence-electron chi connectivity index (χ4n) is 3.91. The van der Waals surface area contributed by atoms with Gasteiger partial charge in [0, 0.05) is 26.2 Å². The average Bonchev–Trinajstić information content (AvgIpc) is 3.01. The summed E-state index contributed by atoms with van der Waals surface area (Å²) in [4.78, 5) is 41.0. The molecule has 19 nitrogen and oxygen atoms in total. The van der Waals surface area contributed by atoms with Crippen molar-refractivity contribution in [2.45, 2.75) is 80.4 Å². The van der Waals surface area contributed by atoms with Gasteiger partial charge in [0.15, 0.2) is 17.8 Å². The van der Waals surface area contributed by atoms with E-state index in [1.165, 1.54) is 6.92 Å². The predicted octanol–water partition coefficient (Wildman–Crippen LogP) is -7.78. The topological polar surface area (TPSA) is 322 Å². The molecule has 1 aliphatic rings. The van der Waals surface area contributed by atoms with Gasteiger partial charge in [-0.2, -0.15) is 0 Å². The van der Waals surface area contributed by atoms with Crippen molar-refractivity contribution in [3.05, 3.63) is 0 Å². The lowest BCUT2D eigenvalue weighted by molar-refractivity contribution is -0.226. The minimum absolute atomic E-state index is 0.0811. The third-order valence-corrected chi connectivity index (χ3v) is 7.19. The van der Waals surface area contributed by atoms with Crippen molar-refractivity contribution in [3.8, 4) is 0 Å². The normalized spacial score (nSPS) is 22.8. The molecular formula is C24H45N3O16. The number of carbonyl (C=O) groups is 3. The maximum atomic E-state index is 13.4. The van der Waals surface area contributed by atoms with Crippen LogP contribution in [-0.4, -0.2) is 187 Å². The van der Waals surface area contributed by atoms with Crippen LogP contribution in [-0.2, 0) is 28.6 Å². The molecule has 1 rings (SSSR count). The first-order chi connectivity index (χ1) is 20.0. The Morgan fingerprint density at radius 3 is 1.70 bits per heavy atom. The highest BCUT2D eigenvalue weighted by molar-refractivity contribution is 5.90. The van der Waals surface area contributed by atoms with Gasteiger partial charge in [0.1, 0.15) is 36.6 Å². The number of aliphatic hydroxyl groups excluding tert-OH is 10. The van der Waals surface area contributed by atoms with Gasteiger partial charge in [0.25, 0.3) is 11.6 Å². The average molecular weight is 632 g/mol. The molecule has 43 heavy (non-hydrogen) atoms. The van der Waals surface area contributed by atoms with Gasteiger partial charge in [0.2, 0.25) is 0 Å². The van der Waals surface area contributed by atoms with Crippen molar-refractivity contribution in [2.24, 2.45) is 5.73 Å². The summed E-state index contributed by atoms with van der Waals surface area (Å²) in [5.74, 6) is -4.83. The van der Waals surface area contributed by atoms with Gasteiger partial charge in [-0.3, -0.25) is 15.4 Å². The zero-order valence-electron chi connectivity index (χ0n) is 23.9. The fourth-order valence-corrected chi connectivity index (χ4v) is 3.91. The van der Waals surface area contributed by atoms with Gasteiger partial charge < -0.3 is 70.6 Å². The lowest BCUT2D eigenvalue weighted by Crippen LogP contribution is -2.72. The number of hydrogen-bond acceptors (Lipinski definition) is 18. The molecule has 19 heteroatoms. The number of esters is 2. The second kappa shape index (κ2) is 17.4. The molecule has 0 saturated carbocycles. The van der Waals surface area contributed by atoms with E-state index in [4.69, 9.17) is 30.2 Å². The summed E-state index contributed by atoms with van der Waals surface area (Å²) in [6.45, 7) is 2.39. The van der Waals surface area contributed by atoms with Gasteiger partial charge >= 0.3 is 11.9 Å². The molecule has 0 aromatic rings. The molecule has 1 amide bonds. The number of aliphatic hydroxyl groups is 10. The van der Waals surface area contributed by atoms with Crippen molar-refractivity contribution in [1.29, 1.82) is 0 Å². The zero-order chi connectivity index (χ0) is 33.1. The minimum atomic E-state index is -3.03. The molecular weight excluding hydrogens is 586 g/mol. The number of ether oxygens (including phenoxy) is 3. The molecule has 10 unspecified atom stereocenters. The van der Waals surface area contributed by atoms with Gasteiger partial charge in [-0.05, 0) is 13.3 Å². The molecule has 10 atom stereocenters. The lowest BCUT2D eigenvalue weighted by atomic mass is 9.88. The Morgan fingerprint density at radius 1 is 0.837 bits per heavy atom. The highest BCUT2D eigenvalue weighted by atomic mass is 16.6. The SMILES string of the molecule is CCC(C)(OC(=O)C(O)C(O)C(O)C(O)CO)C(N)(OC(=O)C(O)C(O)C(O)C(O)CO)C(=O)NCCN1CCOCC1. The number of nitrogens with one attached hydrogen (secondary N) is 1. The molecule has 0 radical (unpaired) electrons. The van der Waals surface area contributed by atoms with Crippen LogP contribution in [0.15, 0.2) is 0 Å². The summed E-state index contributed by atoms with van der Waals surface area (Å²) in [5, 5.41) is 99.8. The fraction of sp³-hybridized carbons (Fsp3) is 0.875.